The second-order valence-electron chi connectivity index (χ2n) is 5.18. The maximum Gasteiger partial charge on any atom is 0.354 e. The highest BCUT2D eigenvalue weighted by atomic mass is 19.1. The van der Waals surface area contributed by atoms with E-state index in [1.54, 1.807) is 0 Å². The third-order valence-electron chi connectivity index (χ3n) is 3.49. The Bertz CT molecular complexity index is 919. The Labute approximate surface area is 139 Å². The van der Waals surface area contributed by atoms with Crippen molar-refractivity contribution in [2.75, 3.05) is 0 Å². The van der Waals surface area contributed by atoms with Crippen molar-refractivity contribution in [2.24, 2.45) is 0 Å². The van der Waals surface area contributed by atoms with E-state index < -0.39 is 34.9 Å². The Morgan fingerprint density at radius 1 is 0.800 bits per heavy atom. The van der Waals surface area contributed by atoms with Crippen LogP contribution in [0.1, 0.15) is 10.5 Å². The molecule has 0 fully saturated rings. The minimum atomic E-state index is -1.41. The van der Waals surface area contributed by atoms with Crippen molar-refractivity contribution in [1.82, 2.24) is 4.98 Å². The lowest BCUT2D eigenvalue weighted by Crippen LogP contribution is -2.03. The van der Waals surface area contributed by atoms with E-state index in [9.17, 15) is 27.5 Å². The Balaban J connectivity index is 2.23. The van der Waals surface area contributed by atoms with Crippen molar-refractivity contribution in [3.8, 4) is 22.4 Å². The smallest absolute Gasteiger partial charge is 0.354 e. The number of hydrogen-bond donors (Lipinski definition) is 1. The Morgan fingerprint density at radius 3 is 1.88 bits per heavy atom. The van der Waals surface area contributed by atoms with Gasteiger partial charge in [-0.25, -0.2) is 27.3 Å². The molecule has 0 radical (unpaired) electrons. The van der Waals surface area contributed by atoms with Crippen LogP contribution in [-0.4, -0.2) is 16.1 Å². The van der Waals surface area contributed by atoms with Crippen LogP contribution in [-0.2, 0) is 0 Å². The normalized spacial score (nSPS) is 10.7. The highest BCUT2D eigenvalue weighted by molar-refractivity contribution is 5.88. The molecule has 3 nitrogen and oxygen atoms in total. The van der Waals surface area contributed by atoms with Gasteiger partial charge < -0.3 is 5.11 Å². The second-order valence-corrected chi connectivity index (χ2v) is 5.18. The molecule has 0 saturated heterocycles. The first-order chi connectivity index (χ1) is 11.8. The first-order valence-corrected chi connectivity index (χ1v) is 7.01. The lowest BCUT2D eigenvalue weighted by molar-refractivity contribution is 0.0690. The van der Waals surface area contributed by atoms with E-state index >= 15 is 0 Å². The van der Waals surface area contributed by atoms with Gasteiger partial charge in [0, 0.05) is 23.3 Å². The van der Waals surface area contributed by atoms with Crippen molar-refractivity contribution in [3.63, 3.8) is 0 Å². The Hall–Kier alpha value is -3.22. The molecule has 0 aliphatic carbocycles. The minimum Gasteiger partial charge on any atom is -0.477 e. The molecule has 3 rings (SSSR count). The van der Waals surface area contributed by atoms with Crippen LogP contribution in [0.25, 0.3) is 22.4 Å². The number of rotatable bonds is 3. The van der Waals surface area contributed by atoms with Crippen LogP contribution in [0.4, 0.5) is 17.6 Å². The Morgan fingerprint density at radius 2 is 1.36 bits per heavy atom. The molecule has 1 aromatic heterocycles. The number of nitrogens with zero attached hydrogens (tertiary/aromatic N) is 1. The summed E-state index contributed by atoms with van der Waals surface area (Å²) in [5.74, 6) is -4.86. The first kappa shape index (κ1) is 16.6. The molecule has 0 aliphatic heterocycles. The summed E-state index contributed by atoms with van der Waals surface area (Å²) in [6, 6.07) is 7.85. The van der Waals surface area contributed by atoms with Gasteiger partial charge in [-0.1, -0.05) is 0 Å². The maximum atomic E-state index is 14.0. The van der Waals surface area contributed by atoms with Gasteiger partial charge in [-0.3, -0.25) is 0 Å². The summed E-state index contributed by atoms with van der Waals surface area (Å²) in [4.78, 5) is 15.1. The maximum absolute atomic E-state index is 14.0. The van der Waals surface area contributed by atoms with E-state index in [0.717, 1.165) is 30.3 Å². The molecule has 0 unspecified atom stereocenters. The molecule has 2 aromatic carbocycles. The number of benzene rings is 2. The van der Waals surface area contributed by atoms with Crippen molar-refractivity contribution < 1.29 is 27.5 Å². The van der Waals surface area contributed by atoms with E-state index in [1.165, 1.54) is 6.07 Å². The molecule has 25 heavy (non-hydrogen) atoms. The van der Waals surface area contributed by atoms with E-state index in [0.29, 0.717) is 12.1 Å². The van der Waals surface area contributed by atoms with Crippen LogP contribution >= 0.6 is 0 Å². The predicted octanol–water partition coefficient (Wildman–Crippen LogP) is 4.67. The summed E-state index contributed by atoms with van der Waals surface area (Å²) in [7, 11) is 0. The molecular formula is C18H9F4NO2. The van der Waals surface area contributed by atoms with E-state index in [2.05, 4.69) is 4.98 Å². The fourth-order valence-electron chi connectivity index (χ4n) is 2.35. The van der Waals surface area contributed by atoms with Gasteiger partial charge in [0.2, 0.25) is 0 Å². The molecule has 0 spiro atoms. The quantitative estimate of drug-likeness (QED) is 0.701. The summed E-state index contributed by atoms with van der Waals surface area (Å²) < 4.78 is 54.1. The molecule has 0 amide bonds. The van der Waals surface area contributed by atoms with Gasteiger partial charge in [0.25, 0.3) is 0 Å². The number of aromatic carboxylic acids is 1. The van der Waals surface area contributed by atoms with Gasteiger partial charge >= 0.3 is 5.97 Å². The highest BCUT2D eigenvalue weighted by Gasteiger charge is 2.16. The standard InChI is InChI=1S/C18H9F4NO2/c19-10-1-3-12(14(21)7-10)9-5-16(23-17(6-9)18(24)25)13-4-2-11(20)8-15(13)22/h1-8H,(H,24,25). The van der Waals surface area contributed by atoms with Crippen LogP contribution in [0.15, 0.2) is 48.5 Å². The number of hydrogen-bond acceptors (Lipinski definition) is 2. The average molecular weight is 347 g/mol. The number of aromatic nitrogens is 1. The van der Waals surface area contributed by atoms with Gasteiger partial charge in [-0.05, 0) is 42.0 Å². The van der Waals surface area contributed by atoms with E-state index in [4.69, 9.17) is 0 Å². The zero-order chi connectivity index (χ0) is 18.1. The number of carboxylic acid groups (broad SMARTS) is 1. The lowest BCUT2D eigenvalue weighted by atomic mass is 10.0. The molecule has 3 aromatic rings. The fraction of sp³-hybridized carbons (Fsp3) is 0. The van der Waals surface area contributed by atoms with Crippen molar-refractivity contribution in [2.45, 2.75) is 0 Å². The molecule has 0 aliphatic rings. The van der Waals surface area contributed by atoms with Gasteiger partial charge in [-0.15, -0.1) is 0 Å². The molecule has 7 heteroatoms. The van der Waals surface area contributed by atoms with Crippen LogP contribution < -0.4 is 0 Å². The fourth-order valence-corrected chi connectivity index (χ4v) is 2.35. The predicted molar refractivity (Wildman–Crippen MR) is 81.9 cm³/mol. The van der Waals surface area contributed by atoms with Crippen LogP contribution in [0.5, 0.6) is 0 Å². The first-order valence-electron chi connectivity index (χ1n) is 7.01. The molecule has 1 heterocycles. The van der Waals surface area contributed by atoms with E-state index in [-0.39, 0.29) is 22.4 Å². The van der Waals surface area contributed by atoms with Crippen molar-refractivity contribution >= 4 is 5.97 Å². The van der Waals surface area contributed by atoms with Gasteiger partial charge in [0.1, 0.15) is 29.0 Å². The number of carbonyl (C=O) groups is 1. The van der Waals surface area contributed by atoms with Crippen LogP contribution in [0.3, 0.4) is 0 Å². The summed E-state index contributed by atoms with van der Waals surface area (Å²) in [5.41, 5.74) is -0.719. The zero-order valence-electron chi connectivity index (χ0n) is 12.4. The van der Waals surface area contributed by atoms with Crippen molar-refractivity contribution in [3.05, 3.63) is 77.5 Å². The van der Waals surface area contributed by atoms with Crippen LogP contribution in [0, 0.1) is 23.3 Å². The summed E-state index contributed by atoms with van der Waals surface area (Å²) in [6.45, 7) is 0. The largest absolute Gasteiger partial charge is 0.477 e. The number of halogens is 4. The highest BCUT2D eigenvalue weighted by Crippen LogP contribution is 2.29. The summed E-state index contributed by atoms with van der Waals surface area (Å²) in [5, 5.41) is 9.18. The third kappa shape index (κ3) is 3.35. The van der Waals surface area contributed by atoms with Gasteiger partial charge in [-0.2, -0.15) is 0 Å². The molecule has 0 saturated carbocycles. The van der Waals surface area contributed by atoms with Gasteiger partial charge in [0.15, 0.2) is 0 Å². The average Bonchev–Trinajstić information content (AvgIpc) is 2.54. The zero-order valence-corrected chi connectivity index (χ0v) is 12.4. The lowest BCUT2D eigenvalue weighted by Gasteiger charge is -2.09. The molecule has 0 atom stereocenters. The number of pyridine rings is 1. The molecule has 126 valence electrons. The summed E-state index contributed by atoms with van der Waals surface area (Å²) in [6.07, 6.45) is 0. The van der Waals surface area contributed by atoms with Crippen LogP contribution in [0.2, 0.25) is 0 Å². The monoisotopic (exact) mass is 347 g/mol. The van der Waals surface area contributed by atoms with E-state index in [1.807, 2.05) is 0 Å². The number of carboxylic acids is 1. The van der Waals surface area contributed by atoms with Crippen molar-refractivity contribution in [1.29, 1.82) is 0 Å². The van der Waals surface area contributed by atoms with Gasteiger partial charge in [0.05, 0.1) is 5.69 Å². The topological polar surface area (TPSA) is 50.2 Å². The Kier molecular flexibility index (Phi) is 4.22. The molecule has 1 N–H and O–H groups in total. The molecule has 0 bridgehead atoms. The minimum absolute atomic E-state index is 0.0728. The third-order valence-corrected chi connectivity index (χ3v) is 3.49. The second kappa shape index (κ2) is 6.35. The SMILES string of the molecule is O=C(O)c1cc(-c2ccc(F)cc2F)cc(-c2ccc(F)cc2F)n1. The summed E-state index contributed by atoms with van der Waals surface area (Å²) >= 11 is 0. The molecular weight excluding hydrogens is 338 g/mol.